The van der Waals surface area contributed by atoms with Crippen molar-refractivity contribution < 1.29 is 4.74 Å². The molecule has 5 nitrogen and oxygen atoms in total. The molecule has 3 aromatic rings. The van der Waals surface area contributed by atoms with Crippen molar-refractivity contribution in [1.82, 2.24) is 9.55 Å². The molecule has 0 atom stereocenters. The largest absolute Gasteiger partial charge is 0.492 e. The van der Waals surface area contributed by atoms with Gasteiger partial charge >= 0.3 is 0 Å². The molecule has 3 rings (SSSR count). The van der Waals surface area contributed by atoms with Crippen LogP contribution in [-0.2, 0) is 6.54 Å². The molecule has 6 heteroatoms. The van der Waals surface area contributed by atoms with Crippen molar-refractivity contribution >= 4 is 17.4 Å². The monoisotopic (exact) mass is 355 g/mol. The van der Waals surface area contributed by atoms with Crippen molar-refractivity contribution in [3.63, 3.8) is 0 Å². The average Bonchev–Trinajstić information content (AvgIpc) is 2.63. The maximum absolute atomic E-state index is 12.8. The number of rotatable bonds is 6. The van der Waals surface area contributed by atoms with Gasteiger partial charge in [-0.15, -0.1) is 0 Å². The van der Waals surface area contributed by atoms with Crippen molar-refractivity contribution in [2.75, 3.05) is 11.9 Å². The fraction of sp³-hybridized carbons (Fsp3) is 0.158. The molecule has 1 aromatic heterocycles. The van der Waals surface area contributed by atoms with Crippen LogP contribution in [0.15, 0.2) is 65.7 Å². The van der Waals surface area contributed by atoms with Gasteiger partial charge in [0, 0.05) is 24.0 Å². The van der Waals surface area contributed by atoms with Gasteiger partial charge in [-0.05, 0) is 36.8 Å². The number of hydrogen-bond acceptors (Lipinski definition) is 4. The number of halogens is 1. The molecule has 0 spiro atoms. The predicted octanol–water partition coefficient (Wildman–Crippen LogP) is 3.90. The van der Waals surface area contributed by atoms with Gasteiger partial charge < -0.3 is 10.1 Å². The molecule has 0 saturated heterocycles. The van der Waals surface area contributed by atoms with Crippen LogP contribution in [0, 0.1) is 0 Å². The smallest absolute Gasteiger partial charge is 0.297 e. The predicted molar refractivity (Wildman–Crippen MR) is 99.8 cm³/mol. The van der Waals surface area contributed by atoms with Crippen LogP contribution in [0.5, 0.6) is 5.75 Å². The number of anilines is 1. The Kier molecular flexibility index (Phi) is 5.36. The van der Waals surface area contributed by atoms with Crippen LogP contribution in [0.2, 0.25) is 5.02 Å². The number of nitrogens with one attached hydrogen (secondary N) is 1. The van der Waals surface area contributed by atoms with E-state index in [1.165, 1.54) is 4.57 Å². The van der Waals surface area contributed by atoms with E-state index in [0.717, 1.165) is 5.56 Å². The fourth-order valence-corrected chi connectivity index (χ4v) is 2.57. The SMILES string of the molecule is CCOc1ccccc1-n1ccnc(NCc2ccc(Cl)cc2)c1=O. The van der Waals surface area contributed by atoms with E-state index in [0.29, 0.717) is 29.6 Å². The Hall–Kier alpha value is -2.79. The first-order valence-corrected chi connectivity index (χ1v) is 8.35. The number of benzene rings is 2. The summed E-state index contributed by atoms with van der Waals surface area (Å²) in [6.07, 6.45) is 3.22. The van der Waals surface area contributed by atoms with E-state index in [1.807, 2.05) is 55.5 Å². The maximum Gasteiger partial charge on any atom is 0.297 e. The molecule has 0 radical (unpaired) electrons. The van der Waals surface area contributed by atoms with Crippen LogP contribution in [-0.4, -0.2) is 16.2 Å². The van der Waals surface area contributed by atoms with Gasteiger partial charge in [0.2, 0.25) is 0 Å². The molecular formula is C19H18ClN3O2. The molecule has 1 heterocycles. The summed E-state index contributed by atoms with van der Waals surface area (Å²) in [5.41, 5.74) is 1.46. The number of ether oxygens (including phenoxy) is 1. The lowest BCUT2D eigenvalue weighted by atomic mass is 10.2. The molecule has 1 N–H and O–H groups in total. The van der Waals surface area contributed by atoms with Crippen molar-refractivity contribution in [3.05, 3.63) is 81.9 Å². The number of para-hydroxylation sites is 2. The summed E-state index contributed by atoms with van der Waals surface area (Å²) < 4.78 is 7.14. The van der Waals surface area contributed by atoms with Crippen LogP contribution in [0.4, 0.5) is 5.82 Å². The molecule has 0 bridgehead atoms. The molecular weight excluding hydrogens is 338 g/mol. The van der Waals surface area contributed by atoms with Gasteiger partial charge in [-0.2, -0.15) is 0 Å². The highest BCUT2D eigenvalue weighted by Crippen LogP contribution is 2.21. The molecule has 25 heavy (non-hydrogen) atoms. The van der Waals surface area contributed by atoms with E-state index in [1.54, 1.807) is 12.4 Å². The van der Waals surface area contributed by atoms with Crippen molar-refractivity contribution in [2.24, 2.45) is 0 Å². The first-order valence-electron chi connectivity index (χ1n) is 7.97. The highest BCUT2D eigenvalue weighted by Gasteiger charge is 2.10. The van der Waals surface area contributed by atoms with Gasteiger partial charge in [0.15, 0.2) is 5.82 Å². The zero-order chi connectivity index (χ0) is 17.6. The van der Waals surface area contributed by atoms with Crippen molar-refractivity contribution in [1.29, 1.82) is 0 Å². The Morgan fingerprint density at radius 3 is 2.68 bits per heavy atom. The van der Waals surface area contributed by atoms with Gasteiger partial charge in [0.25, 0.3) is 5.56 Å². The van der Waals surface area contributed by atoms with E-state index in [2.05, 4.69) is 10.3 Å². The zero-order valence-corrected chi connectivity index (χ0v) is 14.5. The van der Waals surface area contributed by atoms with Gasteiger partial charge in [-0.25, -0.2) is 4.98 Å². The lowest BCUT2D eigenvalue weighted by molar-refractivity contribution is 0.339. The van der Waals surface area contributed by atoms with Gasteiger partial charge in [-0.1, -0.05) is 35.9 Å². The molecule has 0 aliphatic carbocycles. The minimum absolute atomic E-state index is 0.233. The van der Waals surface area contributed by atoms with E-state index in [4.69, 9.17) is 16.3 Å². The lowest BCUT2D eigenvalue weighted by Gasteiger charge is -2.13. The summed E-state index contributed by atoms with van der Waals surface area (Å²) in [6, 6.07) is 14.9. The number of hydrogen-bond donors (Lipinski definition) is 1. The van der Waals surface area contributed by atoms with E-state index in [9.17, 15) is 4.79 Å². The van der Waals surface area contributed by atoms with Crippen LogP contribution < -0.4 is 15.6 Å². The first-order chi connectivity index (χ1) is 12.2. The molecule has 2 aromatic carbocycles. The third kappa shape index (κ3) is 4.00. The average molecular weight is 356 g/mol. The van der Waals surface area contributed by atoms with Crippen molar-refractivity contribution in [3.8, 4) is 11.4 Å². The summed E-state index contributed by atoms with van der Waals surface area (Å²) in [5.74, 6) is 0.936. The van der Waals surface area contributed by atoms with E-state index >= 15 is 0 Å². The second-order valence-corrected chi connectivity index (χ2v) is 5.77. The second kappa shape index (κ2) is 7.85. The first kappa shape index (κ1) is 17.0. The Morgan fingerprint density at radius 1 is 1.16 bits per heavy atom. The van der Waals surface area contributed by atoms with Crippen LogP contribution >= 0.6 is 11.6 Å². The molecule has 0 fully saturated rings. The quantitative estimate of drug-likeness (QED) is 0.728. The highest BCUT2D eigenvalue weighted by molar-refractivity contribution is 6.30. The summed E-state index contributed by atoms with van der Waals surface area (Å²) in [5, 5.41) is 3.76. The normalized spacial score (nSPS) is 10.5. The Labute approximate surface area is 150 Å². The maximum atomic E-state index is 12.8. The Morgan fingerprint density at radius 2 is 1.92 bits per heavy atom. The standard InChI is InChI=1S/C19H18ClN3O2/c1-2-25-17-6-4-3-5-16(17)23-12-11-21-18(19(23)24)22-13-14-7-9-15(20)10-8-14/h3-12H,2,13H2,1H3,(H,21,22). The van der Waals surface area contributed by atoms with Crippen molar-refractivity contribution in [2.45, 2.75) is 13.5 Å². The summed E-state index contributed by atoms with van der Waals surface area (Å²) in [7, 11) is 0. The van der Waals surface area contributed by atoms with Gasteiger partial charge in [-0.3, -0.25) is 9.36 Å². The van der Waals surface area contributed by atoms with E-state index < -0.39 is 0 Å². The fourth-order valence-electron chi connectivity index (χ4n) is 2.44. The van der Waals surface area contributed by atoms with Crippen LogP contribution in [0.1, 0.15) is 12.5 Å². The molecule has 0 aliphatic heterocycles. The third-order valence-corrected chi connectivity index (χ3v) is 3.89. The minimum Gasteiger partial charge on any atom is -0.492 e. The van der Waals surface area contributed by atoms with E-state index in [-0.39, 0.29) is 11.4 Å². The zero-order valence-electron chi connectivity index (χ0n) is 13.8. The van der Waals surface area contributed by atoms with Gasteiger partial charge in [0.1, 0.15) is 5.75 Å². The number of nitrogens with zero attached hydrogens (tertiary/aromatic N) is 2. The number of aromatic nitrogens is 2. The second-order valence-electron chi connectivity index (χ2n) is 5.33. The minimum atomic E-state index is -0.233. The highest BCUT2D eigenvalue weighted by atomic mass is 35.5. The van der Waals surface area contributed by atoms with Crippen LogP contribution in [0.25, 0.3) is 5.69 Å². The van der Waals surface area contributed by atoms with Gasteiger partial charge in [0.05, 0.1) is 12.3 Å². The molecule has 0 unspecified atom stereocenters. The molecule has 0 saturated carbocycles. The Balaban J connectivity index is 1.88. The molecule has 0 aliphatic rings. The lowest BCUT2D eigenvalue weighted by Crippen LogP contribution is -2.23. The topological polar surface area (TPSA) is 56.1 Å². The molecule has 128 valence electrons. The third-order valence-electron chi connectivity index (χ3n) is 3.64. The van der Waals surface area contributed by atoms with Crippen LogP contribution in [0.3, 0.4) is 0 Å². The summed E-state index contributed by atoms with van der Waals surface area (Å²) in [6.45, 7) is 2.92. The summed E-state index contributed by atoms with van der Waals surface area (Å²) in [4.78, 5) is 16.9. The molecule has 0 amide bonds. The Bertz CT molecular complexity index is 907. The summed E-state index contributed by atoms with van der Waals surface area (Å²) >= 11 is 5.89.